The van der Waals surface area contributed by atoms with Gasteiger partial charge in [0.1, 0.15) is 0 Å². The van der Waals surface area contributed by atoms with Crippen molar-refractivity contribution >= 4 is 23.4 Å². The normalized spacial score (nSPS) is 17.4. The van der Waals surface area contributed by atoms with Crippen molar-refractivity contribution < 1.29 is 4.79 Å². The van der Waals surface area contributed by atoms with Crippen LogP contribution in [0.5, 0.6) is 0 Å². The minimum atomic E-state index is -0.236. The van der Waals surface area contributed by atoms with Gasteiger partial charge < -0.3 is 4.90 Å². The Hall–Kier alpha value is -3.55. The average molecular weight is 373 g/mol. The van der Waals surface area contributed by atoms with Crippen LogP contribution in [-0.4, -0.2) is 45.1 Å². The number of hydrogen-bond donors (Lipinski definition) is 1. The summed E-state index contributed by atoms with van der Waals surface area (Å²) in [7, 11) is 0. The number of aromatic nitrogens is 4. The Morgan fingerprint density at radius 3 is 2.93 bits per heavy atom. The van der Waals surface area contributed by atoms with E-state index >= 15 is 0 Å². The number of pyridine rings is 2. The third-order valence-corrected chi connectivity index (χ3v) is 5.14. The van der Waals surface area contributed by atoms with Crippen molar-refractivity contribution in [2.45, 2.75) is 19.4 Å². The molecule has 1 atom stereocenters. The molecule has 0 saturated carbocycles. The Bertz CT molecular complexity index is 1040. The van der Waals surface area contributed by atoms with Crippen molar-refractivity contribution in [1.82, 2.24) is 19.9 Å². The van der Waals surface area contributed by atoms with E-state index in [2.05, 4.69) is 25.2 Å². The van der Waals surface area contributed by atoms with E-state index in [9.17, 15) is 4.79 Å². The molecule has 1 saturated heterocycles. The lowest BCUT2D eigenvalue weighted by atomic mass is 10.1. The van der Waals surface area contributed by atoms with Crippen LogP contribution >= 0.6 is 0 Å². The molecule has 8 nitrogen and oxygen atoms in total. The Morgan fingerprint density at radius 1 is 1.18 bits per heavy atom. The molecule has 3 aromatic rings. The molecule has 0 spiro atoms. The zero-order chi connectivity index (χ0) is 19.1. The first-order valence-corrected chi connectivity index (χ1v) is 9.23. The van der Waals surface area contributed by atoms with Crippen LogP contribution in [0.3, 0.4) is 0 Å². The zero-order valence-electron chi connectivity index (χ0n) is 15.4. The SMILES string of the molecule is Cc1cncc(-c2ccc3c(n2)N(C(=O)Nc2cnccn2)C2CCN3C2)c1. The van der Waals surface area contributed by atoms with Gasteiger partial charge in [-0.15, -0.1) is 0 Å². The summed E-state index contributed by atoms with van der Waals surface area (Å²) in [5, 5.41) is 2.85. The van der Waals surface area contributed by atoms with Crippen molar-refractivity contribution in [2.24, 2.45) is 0 Å². The molecule has 2 amide bonds. The molecule has 2 aliphatic heterocycles. The summed E-state index contributed by atoms with van der Waals surface area (Å²) in [6.45, 7) is 3.73. The van der Waals surface area contributed by atoms with Gasteiger partial charge in [0.2, 0.25) is 0 Å². The van der Waals surface area contributed by atoms with E-state index in [0.29, 0.717) is 11.6 Å². The van der Waals surface area contributed by atoms with Gasteiger partial charge in [-0.25, -0.2) is 14.8 Å². The lowest BCUT2D eigenvalue weighted by molar-refractivity contribution is 0.254. The van der Waals surface area contributed by atoms with E-state index in [1.165, 1.54) is 6.20 Å². The number of nitrogens with one attached hydrogen (secondary N) is 1. The molecule has 1 N–H and O–H groups in total. The molecule has 28 heavy (non-hydrogen) atoms. The van der Waals surface area contributed by atoms with Crippen LogP contribution in [0.25, 0.3) is 11.3 Å². The maximum Gasteiger partial charge on any atom is 0.329 e. The second kappa shape index (κ2) is 6.56. The molecular weight excluding hydrogens is 354 g/mol. The summed E-state index contributed by atoms with van der Waals surface area (Å²) in [6, 6.07) is 5.93. The topological polar surface area (TPSA) is 87.1 Å². The highest BCUT2D eigenvalue weighted by Crippen LogP contribution is 2.40. The van der Waals surface area contributed by atoms with Crippen molar-refractivity contribution in [3.05, 3.63) is 54.7 Å². The third kappa shape index (κ3) is 2.83. The lowest BCUT2D eigenvalue weighted by Gasteiger charge is -2.35. The summed E-state index contributed by atoms with van der Waals surface area (Å²) >= 11 is 0. The first-order chi connectivity index (χ1) is 13.7. The van der Waals surface area contributed by atoms with Crippen molar-refractivity contribution in [3.8, 4) is 11.3 Å². The minimum Gasteiger partial charge on any atom is -0.366 e. The number of anilines is 3. The van der Waals surface area contributed by atoms with Gasteiger partial charge in [-0.05, 0) is 37.1 Å². The quantitative estimate of drug-likeness (QED) is 0.743. The fourth-order valence-electron chi connectivity index (χ4n) is 3.86. The first-order valence-electron chi connectivity index (χ1n) is 9.23. The second-order valence-electron chi connectivity index (χ2n) is 7.07. The van der Waals surface area contributed by atoms with Crippen LogP contribution in [-0.2, 0) is 0 Å². The summed E-state index contributed by atoms with van der Waals surface area (Å²) in [6.07, 6.45) is 9.18. The van der Waals surface area contributed by atoms with Gasteiger partial charge in [0.15, 0.2) is 11.6 Å². The van der Waals surface area contributed by atoms with Gasteiger partial charge in [-0.3, -0.25) is 20.2 Å². The van der Waals surface area contributed by atoms with Crippen LogP contribution in [0.15, 0.2) is 49.2 Å². The number of nitrogens with zero attached hydrogens (tertiary/aromatic N) is 6. The van der Waals surface area contributed by atoms with Gasteiger partial charge >= 0.3 is 6.03 Å². The first kappa shape index (κ1) is 16.6. The molecule has 0 aliphatic carbocycles. The van der Waals surface area contributed by atoms with Crippen LogP contribution in [0, 0.1) is 6.92 Å². The van der Waals surface area contributed by atoms with Crippen molar-refractivity contribution in [2.75, 3.05) is 28.2 Å². The smallest absolute Gasteiger partial charge is 0.329 e. The van der Waals surface area contributed by atoms with Gasteiger partial charge in [0.05, 0.1) is 23.6 Å². The van der Waals surface area contributed by atoms with Crippen molar-refractivity contribution in [1.29, 1.82) is 0 Å². The molecule has 0 radical (unpaired) electrons. The van der Waals surface area contributed by atoms with Crippen LogP contribution in [0.2, 0.25) is 0 Å². The Morgan fingerprint density at radius 2 is 2.11 bits per heavy atom. The predicted octanol–water partition coefficient (Wildman–Crippen LogP) is 2.87. The molecule has 5 rings (SSSR count). The molecule has 5 heterocycles. The summed E-state index contributed by atoms with van der Waals surface area (Å²) in [5.74, 6) is 1.10. The standard InChI is InChI=1S/C20H19N7O/c1-13-8-14(10-22-9-13)16-2-3-17-19(24-16)27(15-4-7-26(17)12-15)20(28)25-18-11-21-5-6-23-18/h2-3,5-6,8-11,15H,4,7,12H2,1H3,(H,23,25,28). The molecule has 2 aliphatic rings. The molecule has 1 fully saturated rings. The van der Waals surface area contributed by atoms with Crippen LogP contribution < -0.4 is 15.1 Å². The lowest BCUT2D eigenvalue weighted by Crippen LogP contribution is -2.48. The largest absolute Gasteiger partial charge is 0.366 e. The molecular formula is C20H19N7O. The number of rotatable bonds is 2. The highest BCUT2D eigenvalue weighted by molar-refractivity contribution is 6.04. The molecule has 2 bridgehead atoms. The molecule has 8 heteroatoms. The Kier molecular flexibility index (Phi) is 3.89. The molecule has 3 aromatic heterocycles. The van der Waals surface area contributed by atoms with Crippen LogP contribution in [0.4, 0.5) is 22.1 Å². The van der Waals surface area contributed by atoms with Gasteiger partial charge in [-0.2, -0.15) is 0 Å². The number of amides is 2. The van der Waals surface area contributed by atoms with E-state index < -0.39 is 0 Å². The number of fused-ring (bicyclic) bond motifs is 4. The number of urea groups is 1. The summed E-state index contributed by atoms with van der Waals surface area (Å²) in [4.78, 5) is 34.4. The van der Waals surface area contributed by atoms with E-state index in [4.69, 9.17) is 4.98 Å². The van der Waals surface area contributed by atoms with Gasteiger partial charge in [0.25, 0.3) is 0 Å². The highest BCUT2D eigenvalue weighted by Gasteiger charge is 2.40. The van der Waals surface area contributed by atoms with E-state index in [0.717, 1.165) is 42.0 Å². The monoisotopic (exact) mass is 373 g/mol. The fourth-order valence-corrected chi connectivity index (χ4v) is 3.86. The second-order valence-corrected chi connectivity index (χ2v) is 7.07. The minimum absolute atomic E-state index is 0.0857. The van der Waals surface area contributed by atoms with Gasteiger partial charge in [0, 0.05) is 43.4 Å². The molecule has 1 unspecified atom stereocenters. The number of carbonyl (C=O) groups excluding carboxylic acids is 1. The highest BCUT2D eigenvalue weighted by atomic mass is 16.2. The molecule has 0 aromatic carbocycles. The number of carbonyl (C=O) groups is 1. The maximum atomic E-state index is 13.1. The van der Waals surface area contributed by atoms with E-state index in [1.807, 2.05) is 31.3 Å². The Labute approximate surface area is 162 Å². The van der Waals surface area contributed by atoms with Crippen molar-refractivity contribution in [3.63, 3.8) is 0 Å². The summed E-state index contributed by atoms with van der Waals surface area (Å²) in [5.41, 5.74) is 3.78. The van der Waals surface area contributed by atoms with Crippen LogP contribution in [0.1, 0.15) is 12.0 Å². The third-order valence-electron chi connectivity index (χ3n) is 5.14. The van der Waals surface area contributed by atoms with E-state index in [-0.39, 0.29) is 12.1 Å². The zero-order valence-corrected chi connectivity index (χ0v) is 15.4. The number of aryl methyl sites for hydroxylation is 1. The van der Waals surface area contributed by atoms with E-state index in [1.54, 1.807) is 23.5 Å². The fraction of sp³-hybridized carbons (Fsp3) is 0.250. The Balaban J connectivity index is 1.54. The molecule has 140 valence electrons. The average Bonchev–Trinajstić information content (AvgIpc) is 3.13. The maximum absolute atomic E-state index is 13.1. The predicted molar refractivity (Wildman–Crippen MR) is 106 cm³/mol. The number of hydrogen-bond acceptors (Lipinski definition) is 6. The summed E-state index contributed by atoms with van der Waals surface area (Å²) < 4.78 is 0. The van der Waals surface area contributed by atoms with Gasteiger partial charge in [-0.1, -0.05) is 0 Å².